The van der Waals surface area contributed by atoms with Crippen LogP contribution in [0.3, 0.4) is 0 Å². The summed E-state index contributed by atoms with van der Waals surface area (Å²) in [5.74, 6) is 0.640. The second kappa shape index (κ2) is 2.97. The zero-order valence-corrected chi connectivity index (χ0v) is 5.81. The average molecular weight is 127 g/mol. The topological polar surface area (TPSA) is 29.1 Å². The van der Waals surface area contributed by atoms with Gasteiger partial charge in [0.05, 0.1) is 0 Å². The number of hydrogen-bond acceptors (Lipinski definition) is 2. The number of ketones is 1. The van der Waals surface area contributed by atoms with E-state index in [-0.39, 0.29) is 0 Å². The third kappa shape index (κ3) is 1.79. The Hall–Kier alpha value is -0.370. The summed E-state index contributed by atoms with van der Waals surface area (Å²) in [5.41, 5.74) is 0. The van der Waals surface area contributed by atoms with E-state index in [0.717, 1.165) is 25.9 Å². The van der Waals surface area contributed by atoms with E-state index in [9.17, 15) is 4.79 Å². The summed E-state index contributed by atoms with van der Waals surface area (Å²) in [7, 11) is 0. The normalized spacial score (nSPS) is 27.9. The number of piperidine rings is 1. The van der Waals surface area contributed by atoms with E-state index in [4.69, 9.17) is 0 Å². The minimum Gasteiger partial charge on any atom is -0.316 e. The maximum atomic E-state index is 10.8. The standard InChI is InChI=1S/C7H13NO/c1-6(9)7-3-2-4-8-5-7/h7-8H,2-5H2,1H3. The van der Waals surface area contributed by atoms with Crippen LogP contribution in [0.5, 0.6) is 0 Å². The van der Waals surface area contributed by atoms with Crippen LogP contribution in [0.25, 0.3) is 0 Å². The van der Waals surface area contributed by atoms with Gasteiger partial charge in [0.25, 0.3) is 0 Å². The number of carbonyl (C=O) groups excluding carboxylic acids is 1. The molecule has 2 nitrogen and oxygen atoms in total. The minimum absolute atomic E-state index is 0.304. The first-order chi connectivity index (χ1) is 4.30. The van der Waals surface area contributed by atoms with Gasteiger partial charge in [-0.2, -0.15) is 0 Å². The van der Waals surface area contributed by atoms with Crippen LogP contribution in [0.4, 0.5) is 0 Å². The summed E-state index contributed by atoms with van der Waals surface area (Å²) in [6, 6.07) is 0. The van der Waals surface area contributed by atoms with Gasteiger partial charge in [-0.1, -0.05) is 0 Å². The molecule has 0 aromatic rings. The van der Waals surface area contributed by atoms with Gasteiger partial charge in [-0.05, 0) is 26.3 Å². The number of hydrogen-bond donors (Lipinski definition) is 1. The van der Waals surface area contributed by atoms with Gasteiger partial charge < -0.3 is 5.32 Å². The fourth-order valence-corrected chi connectivity index (χ4v) is 1.20. The van der Waals surface area contributed by atoms with E-state index in [1.54, 1.807) is 6.92 Å². The highest BCUT2D eigenvalue weighted by Gasteiger charge is 2.16. The van der Waals surface area contributed by atoms with E-state index < -0.39 is 0 Å². The van der Waals surface area contributed by atoms with Crippen molar-refractivity contribution in [3.05, 3.63) is 0 Å². The molecule has 1 fully saturated rings. The molecule has 0 spiro atoms. The Bertz CT molecular complexity index is 105. The van der Waals surface area contributed by atoms with Crippen LogP contribution in [-0.4, -0.2) is 18.9 Å². The molecule has 1 saturated heterocycles. The van der Waals surface area contributed by atoms with Gasteiger partial charge in [-0.3, -0.25) is 4.79 Å². The highest BCUT2D eigenvalue weighted by Crippen LogP contribution is 2.09. The minimum atomic E-state index is 0.304. The molecule has 0 aromatic carbocycles. The first kappa shape index (κ1) is 6.75. The molecule has 0 aromatic heterocycles. The Kier molecular flexibility index (Phi) is 2.22. The zero-order chi connectivity index (χ0) is 6.69. The molecule has 2 heteroatoms. The van der Waals surface area contributed by atoms with Crippen molar-refractivity contribution in [3.63, 3.8) is 0 Å². The average Bonchev–Trinajstić information content (AvgIpc) is 1.90. The number of rotatable bonds is 1. The van der Waals surface area contributed by atoms with Crippen molar-refractivity contribution in [1.82, 2.24) is 5.32 Å². The van der Waals surface area contributed by atoms with Crippen LogP contribution >= 0.6 is 0 Å². The molecule has 1 rings (SSSR count). The Balaban J connectivity index is 2.31. The quantitative estimate of drug-likeness (QED) is 0.558. The summed E-state index contributed by atoms with van der Waals surface area (Å²) < 4.78 is 0. The zero-order valence-electron chi connectivity index (χ0n) is 5.81. The Labute approximate surface area is 55.6 Å². The molecule has 1 heterocycles. The summed E-state index contributed by atoms with van der Waals surface area (Å²) >= 11 is 0. The molecular weight excluding hydrogens is 114 g/mol. The monoisotopic (exact) mass is 127 g/mol. The van der Waals surface area contributed by atoms with Gasteiger partial charge in [-0.15, -0.1) is 0 Å². The molecule has 1 atom stereocenters. The van der Waals surface area contributed by atoms with Gasteiger partial charge in [0.2, 0.25) is 0 Å². The fourth-order valence-electron chi connectivity index (χ4n) is 1.20. The molecule has 0 aliphatic carbocycles. The molecule has 1 N–H and O–H groups in total. The maximum absolute atomic E-state index is 10.8. The highest BCUT2D eigenvalue weighted by molar-refractivity contribution is 5.78. The molecule has 1 aliphatic rings. The third-order valence-electron chi connectivity index (χ3n) is 1.87. The van der Waals surface area contributed by atoms with Crippen molar-refractivity contribution in [1.29, 1.82) is 0 Å². The molecule has 0 bridgehead atoms. The number of carbonyl (C=O) groups is 1. The van der Waals surface area contributed by atoms with Crippen LogP contribution in [-0.2, 0) is 4.79 Å². The largest absolute Gasteiger partial charge is 0.316 e. The molecule has 9 heavy (non-hydrogen) atoms. The smallest absolute Gasteiger partial charge is 0.134 e. The molecule has 0 radical (unpaired) electrons. The van der Waals surface area contributed by atoms with Crippen LogP contribution in [0.1, 0.15) is 19.8 Å². The number of Topliss-reactive ketones (excluding diaryl/α,β-unsaturated/α-hetero) is 1. The highest BCUT2D eigenvalue weighted by atomic mass is 16.1. The van der Waals surface area contributed by atoms with E-state index >= 15 is 0 Å². The van der Waals surface area contributed by atoms with Crippen molar-refractivity contribution < 1.29 is 4.79 Å². The van der Waals surface area contributed by atoms with Crippen molar-refractivity contribution in [2.45, 2.75) is 19.8 Å². The van der Waals surface area contributed by atoms with Crippen molar-refractivity contribution in [2.24, 2.45) is 5.92 Å². The lowest BCUT2D eigenvalue weighted by molar-refractivity contribution is -0.121. The number of nitrogens with one attached hydrogen (secondary N) is 1. The van der Waals surface area contributed by atoms with E-state index in [0.29, 0.717) is 11.7 Å². The van der Waals surface area contributed by atoms with Gasteiger partial charge in [0.15, 0.2) is 0 Å². The lowest BCUT2D eigenvalue weighted by atomic mass is 9.96. The first-order valence-electron chi connectivity index (χ1n) is 3.52. The Morgan fingerprint density at radius 2 is 2.44 bits per heavy atom. The van der Waals surface area contributed by atoms with Gasteiger partial charge >= 0.3 is 0 Å². The molecule has 1 unspecified atom stereocenters. The van der Waals surface area contributed by atoms with Crippen molar-refractivity contribution >= 4 is 5.78 Å². The predicted octanol–water partition coefficient (Wildman–Crippen LogP) is 0.575. The van der Waals surface area contributed by atoms with Gasteiger partial charge in [-0.25, -0.2) is 0 Å². The van der Waals surface area contributed by atoms with Gasteiger partial charge in [0.1, 0.15) is 5.78 Å². The Morgan fingerprint density at radius 3 is 2.78 bits per heavy atom. The summed E-state index contributed by atoms with van der Waals surface area (Å²) in [6.45, 7) is 3.66. The lowest BCUT2D eigenvalue weighted by Gasteiger charge is -2.19. The van der Waals surface area contributed by atoms with Crippen LogP contribution < -0.4 is 5.32 Å². The summed E-state index contributed by atoms with van der Waals surface area (Å²) in [4.78, 5) is 10.8. The molecule has 52 valence electrons. The van der Waals surface area contributed by atoms with E-state index in [1.165, 1.54) is 0 Å². The second-order valence-corrected chi connectivity index (χ2v) is 2.65. The molecule has 0 amide bonds. The summed E-state index contributed by atoms with van der Waals surface area (Å²) in [6.07, 6.45) is 2.24. The van der Waals surface area contributed by atoms with Crippen molar-refractivity contribution in [2.75, 3.05) is 13.1 Å². The van der Waals surface area contributed by atoms with E-state index in [2.05, 4.69) is 5.32 Å². The van der Waals surface area contributed by atoms with Crippen LogP contribution in [0.15, 0.2) is 0 Å². The first-order valence-corrected chi connectivity index (χ1v) is 3.52. The molecule has 1 aliphatic heterocycles. The van der Waals surface area contributed by atoms with Crippen LogP contribution in [0, 0.1) is 5.92 Å². The SMILES string of the molecule is CC(=O)C1CCCNC1. The van der Waals surface area contributed by atoms with Gasteiger partial charge in [0, 0.05) is 12.5 Å². The maximum Gasteiger partial charge on any atom is 0.134 e. The van der Waals surface area contributed by atoms with Crippen LogP contribution in [0.2, 0.25) is 0 Å². The Morgan fingerprint density at radius 1 is 1.67 bits per heavy atom. The predicted molar refractivity (Wildman–Crippen MR) is 36.3 cm³/mol. The lowest BCUT2D eigenvalue weighted by Crippen LogP contribution is -2.33. The third-order valence-corrected chi connectivity index (χ3v) is 1.87. The van der Waals surface area contributed by atoms with E-state index in [1.807, 2.05) is 0 Å². The molecular formula is C7H13NO. The fraction of sp³-hybridized carbons (Fsp3) is 0.857. The van der Waals surface area contributed by atoms with Crippen molar-refractivity contribution in [3.8, 4) is 0 Å². The second-order valence-electron chi connectivity index (χ2n) is 2.65. The summed E-state index contributed by atoms with van der Waals surface area (Å²) in [5, 5.41) is 3.20. The molecule has 0 saturated carbocycles.